The number of nitrogens with two attached hydrogens (primary N) is 2. The average Bonchev–Trinajstić information content (AvgIpc) is 2.27. The van der Waals surface area contributed by atoms with Crippen LogP contribution in [-0.2, 0) is 14.8 Å². The predicted octanol–water partition coefficient (Wildman–Crippen LogP) is -0.809. The summed E-state index contributed by atoms with van der Waals surface area (Å²) in [6.45, 7) is 0. The van der Waals surface area contributed by atoms with Gasteiger partial charge in [0.15, 0.2) is 0 Å². The second kappa shape index (κ2) is 4.69. The highest BCUT2D eigenvalue weighted by Gasteiger charge is 2.19. The molecule has 0 spiro atoms. The Morgan fingerprint density at radius 3 is 2.42 bits per heavy atom. The summed E-state index contributed by atoms with van der Waals surface area (Å²) < 4.78 is 27.3. The van der Waals surface area contributed by atoms with Crippen LogP contribution in [-0.4, -0.2) is 26.1 Å². The number of amides is 1. The standard InChI is InChI=1S/C10H11N5O3S/c11-6-1-3-7(4-2-6)19(17,18)15-10-13-8(12)5-9(16)14-10/h1-4H,5,11H2,(H3,12,13,14,15,16). The molecule has 1 aromatic carbocycles. The van der Waals surface area contributed by atoms with Crippen molar-refractivity contribution < 1.29 is 13.2 Å². The summed E-state index contributed by atoms with van der Waals surface area (Å²) in [4.78, 5) is 14.8. The molecule has 0 fully saturated rings. The zero-order valence-electron chi connectivity index (χ0n) is 9.70. The van der Waals surface area contributed by atoms with Crippen LogP contribution in [0.15, 0.2) is 38.6 Å². The third-order valence-corrected chi connectivity index (χ3v) is 3.51. The van der Waals surface area contributed by atoms with Gasteiger partial charge in [0.25, 0.3) is 10.0 Å². The number of carbonyl (C=O) groups excluding carboxylic acids is 1. The molecule has 1 aliphatic rings. The van der Waals surface area contributed by atoms with E-state index < -0.39 is 15.9 Å². The van der Waals surface area contributed by atoms with Crippen LogP contribution >= 0.6 is 0 Å². The summed E-state index contributed by atoms with van der Waals surface area (Å²) in [6.07, 6.45) is -0.0824. The average molecular weight is 281 g/mol. The first kappa shape index (κ1) is 13.0. The summed E-state index contributed by atoms with van der Waals surface area (Å²) in [5.74, 6) is -0.792. The van der Waals surface area contributed by atoms with Gasteiger partial charge in [-0.3, -0.25) is 10.1 Å². The van der Waals surface area contributed by atoms with Crippen LogP contribution in [0, 0.1) is 0 Å². The second-order valence-electron chi connectivity index (χ2n) is 3.79. The topological polar surface area (TPSA) is 140 Å². The molecule has 1 aromatic rings. The molecule has 19 heavy (non-hydrogen) atoms. The Morgan fingerprint density at radius 2 is 1.84 bits per heavy atom. The molecular weight excluding hydrogens is 270 g/mol. The van der Waals surface area contributed by atoms with Crippen LogP contribution in [0.3, 0.4) is 0 Å². The van der Waals surface area contributed by atoms with E-state index in [1.54, 1.807) is 0 Å². The normalized spacial score (nSPS) is 18.0. The number of hydrogen-bond donors (Lipinski definition) is 3. The van der Waals surface area contributed by atoms with E-state index in [1.165, 1.54) is 24.3 Å². The van der Waals surface area contributed by atoms with Crippen LogP contribution in [0.4, 0.5) is 5.69 Å². The van der Waals surface area contributed by atoms with E-state index >= 15 is 0 Å². The maximum atomic E-state index is 11.9. The number of aliphatic imine (C=N–C) groups is 1. The quantitative estimate of drug-likeness (QED) is 0.608. The van der Waals surface area contributed by atoms with Gasteiger partial charge in [-0.2, -0.15) is 13.4 Å². The fourth-order valence-corrected chi connectivity index (χ4v) is 2.29. The van der Waals surface area contributed by atoms with E-state index in [0.29, 0.717) is 5.69 Å². The molecule has 0 aliphatic carbocycles. The van der Waals surface area contributed by atoms with Crippen LogP contribution in [0.25, 0.3) is 0 Å². The van der Waals surface area contributed by atoms with Gasteiger partial charge >= 0.3 is 0 Å². The van der Waals surface area contributed by atoms with Crippen molar-refractivity contribution in [2.24, 2.45) is 15.1 Å². The molecule has 100 valence electrons. The zero-order chi connectivity index (χ0) is 14.0. The van der Waals surface area contributed by atoms with Crippen LogP contribution in [0.5, 0.6) is 0 Å². The maximum absolute atomic E-state index is 11.9. The molecule has 0 aromatic heterocycles. The lowest BCUT2D eigenvalue weighted by Gasteiger charge is -2.10. The highest BCUT2D eigenvalue weighted by molar-refractivity contribution is 7.90. The molecule has 0 atom stereocenters. The summed E-state index contributed by atoms with van der Waals surface area (Å²) in [5.41, 5.74) is 11.3. The van der Waals surface area contributed by atoms with Crippen LogP contribution in [0.2, 0.25) is 0 Å². The highest BCUT2D eigenvalue weighted by atomic mass is 32.2. The number of amidine groups is 1. The van der Waals surface area contributed by atoms with Gasteiger partial charge in [-0.25, -0.2) is 0 Å². The number of guanidine groups is 1. The lowest BCUT2D eigenvalue weighted by Crippen LogP contribution is -2.39. The zero-order valence-corrected chi connectivity index (χ0v) is 10.5. The minimum Gasteiger partial charge on any atom is -0.399 e. The molecule has 0 saturated carbocycles. The van der Waals surface area contributed by atoms with Crippen LogP contribution in [0.1, 0.15) is 6.42 Å². The number of nitrogens with zero attached hydrogens (tertiary/aromatic N) is 2. The molecule has 0 unspecified atom stereocenters. The van der Waals surface area contributed by atoms with Gasteiger partial charge < -0.3 is 11.5 Å². The first-order valence-electron chi connectivity index (χ1n) is 5.20. The van der Waals surface area contributed by atoms with Crippen molar-refractivity contribution in [3.63, 3.8) is 0 Å². The Labute approximate surface area is 109 Å². The third kappa shape index (κ3) is 3.07. The van der Waals surface area contributed by atoms with Gasteiger partial charge in [-0.1, -0.05) is 0 Å². The third-order valence-electron chi connectivity index (χ3n) is 2.23. The summed E-state index contributed by atoms with van der Waals surface area (Å²) >= 11 is 0. The Hall–Kier alpha value is -2.42. The maximum Gasteiger partial charge on any atom is 0.285 e. The number of nitrogens with one attached hydrogen (secondary N) is 1. The van der Waals surface area contributed by atoms with E-state index in [1.807, 2.05) is 0 Å². The van der Waals surface area contributed by atoms with E-state index in [-0.39, 0.29) is 23.1 Å². The monoisotopic (exact) mass is 281 g/mol. The lowest BCUT2D eigenvalue weighted by molar-refractivity contribution is -0.118. The van der Waals surface area contributed by atoms with Crippen molar-refractivity contribution in [3.05, 3.63) is 24.3 Å². The number of hydrogen-bond acceptors (Lipinski definition) is 5. The molecule has 0 bridgehead atoms. The van der Waals surface area contributed by atoms with Crippen molar-refractivity contribution in [3.8, 4) is 0 Å². The number of rotatable bonds is 2. The Kier molecular flexibility index (Phi) is 3.21. The number of sulfonamides is 1. The smallest absolute Gasteiger partial charge is 0.285 e. The van der Waals surface area contributed by atoms with E-state index in [2.05, 4.69) is 14.7 Å². The Bertz CT molecular complexity index is 676. The first-order valence-corrected chi connectivity index (χ1v) is 6.64. The van der Waals surface area contributed by atoms with E-state index in [9.17, 15) is 13.2 Å². The number of carbonyl (C=O) groups is 1. The molecule has 0 saturated heterocycles. The number of nitrogen functional groups attached to an aromatic ring is 1. The fraction of sp³-hybridized carbons (Fsp3) is 0.100. The number of anilines is 1. The van der Waals surface area contributed by atoms with Crippen molar-refractivity contribution in [2.45, 2.75) is 11.3 Å². The molecule has 1 amide bonds. The van der Waals surface area contributed by atoms with Crippen molar-refractivity contribution >= 4 is 33.4 Å². The van der Waals surface area contributed by atoms with Crippen LogP contribution < -0.4 is 16.8 Å². The Morgan fingerprint density at radius 1 is 1.21 bits per heavy atom. The van der Waals surface area contributed by atoms with Gasteiger partial charge in [-0.05, 0) is 24.3 Å². The van der Waals surface area contributed by atoms with E-state index in [0.717, 1.165) is 0 Å². The molecule has 0 radical (unpaired) electrons. The summed E-state index contributed by atoms with van der Waals surface area (Å²) in [5, 5.41) is 2.22. The molecule has 1 heterocycles. The molecule has 2 rings (SSSR count). The second-order valence-corrected chi connectivity index (χ2v) is 5.39. The van der Waals surface area contributed by atoms with E-state index in [4.69, 9.17) is 11.5 Å². The summed E-state index contributed by atoms with van der Waals surface area (Å²) in [7, 11) is -3.97. The van der Waals surface area contributed by atoms with Gasteiger partial charge in [0.1, 0.15) is 5.84 Å². The summed E-state index contributed by atoms with van der Waals surface area (Å²) in [6, 6.07) is 5.49. The molecular formula is C10H11N5O3S. The van der Waals surface area contributed by atoms with Crippen molar-refractivity contribution in [1.29, 1.82) is 0 Å². The number of benzene rings is 1. The molecule has 5 N–H and O–H groups in total. The fourth-order valence-electron chi connectivity index (χ4n) is 1.39. The SMILES string of the molecule is NC1=N/C(=N\S(=O)(=O)c2ccc(N)cc2)NC(=O)C1. The lowest BCUT2D eigenvalue weighted by atomic mass is 10.3. The minimum atomic E-state index is -3.97. The largest absolute Gasteiger partial charge is 0.399 e. The highest BCUT2D eigenvalue weighted by Crippen LogP contribution is 2.14. The van der Waals surface area contributed by atoms with Gasteiger partial charge in [0, 0.05) is 5.69 Å². The molecule has 9 heteroatoms. The Balaban J connectivity index is 2.38. The molecule has 1 aliphatic heterocycles. The van der Waals surface area contributed by atoms with Gasteiger partial charge in [-0.15, -0.1) is 4.40 Å². The molecule has 8 nitrogen and oxygen atoms in total. The van der Waals surface area contributed by atoms with Gasteiger partial charge in [0.2, 0.25) is 11.9 Å². The minimum absolute atomic E-state index is 0.00926. The predicted molar refractivity (Wildman–Crippen MR) is 69.9 cm³/mol. The van der Waals surface area contributed by atoms with Crippen molar-refractivity contribution in [1.82, 2.24) is 5.32 Å². The first-order chi connectivity index (χ1) is 8.87. The van der Waals surface area contributed by atoms with Crippen molar-refractivity contribution in [2.75, 3.05) is 5.73 Å². The van der Waals surface area contributed by atoms with Gasteiger partial charge in [0.05, 0.1) is 11.3 Å².